The Morgan fingerprint density at radius 2 is 1.77 bits per heavy atom. The molecule has 1 aromatic carbocycles. The van der Waals surface area contributed by atoms with Crippen LogP contribution < -0.4 is 0 Å². The van der Waals surface area contributed by atoms with Gasteiger partial charge in [-0.25, -0.2) is 4.39 Å². The fourth-order valence-corrected chi connectivity index (χ4v) is 3.94. The number of hydrogen-bond acceptors (Lipinski definition) is 3. The molecule has 3 rings (SSSR count). The van der Waals surface area contributed by atoms with Gasteiger partial charge in [0, 0.05) is 38.2 Å². The average Bonchev–Trinajstić information content (AvgIpc) is 2.69. The van der Waals surface area contributed by atoms with Gasteiger partial charge in [-0.2, -0.15) is 0 Å². The molecule has 5 nitrogen and oxygen atoms in total. The number of ether oxygens (including phenoxy) is 1. The highest BCUT2D eigenvalue weighted by molar-refractivity contribution is 5.94. The minimum absolute atomic E-state index is 0.0543. The zero-order valence-electron chi connectivity index (χ0n) is 15.3. The van der Waals surface area contributed by atoms with E-state index in [2.05, 4.69) is 6.92 Å². The Morgan fingerprint density at radius 1 is 1.08 bits per heavy atom. The van der Waals surface area contributed by atoms with Crippen LogP contribution in [-0.4, -0.2) is 61.0 Å². The van der Waals surface area contributed by atoms with Crippen LogP contribution in [0.1, 0.15) is 36.5 Å². The molecule has 2 aliphatic heterocycles. The van der Waals surface area contributed by atoms with Crippen LogP contribution in [0.4, 0.5) is 4.39 Å². The Kier molecular flexibility index (Phi) is 6.25. The van der Waals surface area contributed by atoms with Crippen LogP contribution in [0.25, 0.3) is 0 Å². The molecule has 1 aromatic rings. The SMILES string of the molecule is CCC1CN(C(=O)c2ccc(F)cc2)CCC1CC(=O)N1CCOCC1. The van der Waals surface area contributed by atoms with E-state index in [-0.39, 0.29) is 17.6 Å². The topological polar surface area (TPSA) is 49.9 Å². The zero-order chi connectivity index (χ0) is 18.5. The number of likely N-dealkylation sites (tertiary alicyclic amines) is 1. The lowest BCUT2D eigenvalue weighted by molar-refractivity contribution is -0.137. The van der Waals surface area contributed by atoms with Gasteiger partial charge in [0.1, 0.15) is 5.82 Å². The van der Waals surface area contributed by atoms with Crippen LogP contribution in [0.3, 0.4) is 0 Å². The number of rotatable bonds is 4. The molecule has 0 aromatic heterocycles. The predicted molar refractivity (Wildman–Crippen MR) is 96.2 cm³/mol. The predicted octanol–water partition coefficient (Wildman–Crippen LogP) is 2.56. The second kappa shape index (κ2) is 8.62. The minimum Gasteiger partial charge on any atom is -0.378 e. The number of morpholine rings is 1. The molecule has 2 atom stereocenters. The molecule has 0 bridgehead atoms. The van der Waals surface area contributed by atoms with Crippen molar-refractivity contribution < 1.29 is 18.7 Å². The summed E-state index contributed by atoms with van der Waals surface area (Å²) < 4.78 is 18.4. The van der Waals surface area contributed by atoms with Gasteiger partial charge in [-0.05, 0) is 42.5 Å². The molecule has 0 radical (unpaired) electrons. The fraction of sp³-hybridized carbons (Fsp3) is 0.600. The van der Waals surface area contributed by atoms with Crippen molar-refractivity contribution in [3.8, 4) is 0 Å². The highest BCUT2D eigenvalue weighted by atomic mass is 19.1. The Labute approximate surface area is 154 Å². The first-order valence-electron chi connectivity index (χ1n) is 9.49. The van der Waals surface area contributed by atoms with Crippen molar-refractivity contribution in [1.29, 1.82) is 0 Å². The summed E-state index contributed by atoms with van der Waals surface area (Å²) in [6.45, 7) is 6.01. The molecule has 26 heavy (non-hydrogen) atoms. The van der Waals surface area contributed by atoms with Gasteiger partial charge in [0.2, 0.25) is 5.91 Å². The molecule has 2 unspecified atom stereocenters. The number of piperidine rings is 1. The maximum Gasteiger partial charge on any atom is 0.253 e. The molecule has 2 heterocycles. The molecule has 2 saturated heterocycles. The third-order valence-corrected chi connectivity index (χ3v) is 5.59. The lowest BCUT2D eigenvalue weighted by atomic mass is 9.81. The van der Waals surface area contributed by atoms with Crippen molar-refractivity contribution in [3.63, 3.8) is 0 Å². The summed E-state index contributed by atoms with van der Waals surface area (Å²) in [4.78, 5) is 29.0. The van der Waals surface area contributed by atoms with Crippen LogP contribution in [0.2, 0.25) is 0 Å². The quantitative estimate of drug-likeness (QED) is 0.827. The maximum absolute atomic E-state index is 13.1. The molecular formula is C20H27FN2O3. The van der Waals surface area contributed by atoms with E-state index in [0.717, 1.165) is 12.8 Å². The van der Waals surface area contributed by atoms with Gasteiger partial charge in [0.15, 0.2) is 0 Å². The summed E-state index contributed by atoms with van der Waals surface area (Å²) >= 11 is 0. The number of benzene rings is 1. The lowest BCUT2D eigenvalue weighted by Crippen LogP contribution is -2.46. The van der Waals surface area contributed by atoms with Crippen LogP contribution >= 0.6 is 0 Å². The Morgan fingerprint density at radius 3 is 2.42 bits per heavy atom. The smallest absolute Gasteiger partial charge is 0.253 e. The largest absolute Gasteiger partial charge is 0.378 e. The summed E-state index contributed by atoms with van der Waals surface area (Å²) in [6, 6.07) is 5.70. The van der Waals surface area contributed by atoms with E-state index >= 15 is 0 Å². The Hall–Kier alpha value is -1.95. The maximum atomic E-state index is 13.1. The van der Waals surface area contributed by atoms with Crippen LogP contribution in [0.5, 0.6) is 0 Å². The van der Waals surface area contributed by atoms with Crippen LogP contribution in [-0.2, 0) is 9.53 Å². The number of nitrogens with zero attached hydrogens (tertiary/aromatic N) is 2. The molecular weight excluding hydrogens is 335 g/mol. The summed E-state index contributed by atoms with van der Waals surface area (Å²) in [5.41, 5.74) is 0.518. The number of carbonyl (C=O) groups excluding carboxylic acids is 2. The van der Waals surface area contributed by atoms with Gasteiger partial charge in [0.05, 0.1) is 13.2 Å². The first-order chi connectivity index (χ1) is 12.6. The minimum atomic E-state index is -0.340. The molecule has 0 N–H and O–H groups in total. The van der Waals surface area contributed by atoms with E-state index in [1.165, 1.54) is 24.3 Å². The summed E-state index contributed by atoms with van der Waals surface area (Å²) in [5, 5.41) is 0. The first kappa shape index (κ1) is 18.8. The molecule has 2 aliphatic rings. The second-order valence-electron chi connectivity index (χ2n) is 7.17. The standard InChI is InChI=1S/C20H27FN2O3/c1-2-15-14-23(20(25)16-3-5-18(21)6-4-16)8-7-17(15)13-19(24)22-9-11-26-12-10-22/h3-6,15,17H,2,7-14H2,1H3. The highest BCUT2D eigenvalue weighted by Crippen LogP contribution is 2.30. The van der Waals surface area contributed by atoms with Crippen LogP contribution in [0.15, 0.2) is 24.3 Å². The third kappa shape index (κ3) is 4.41. The fourth-order valence-electron chi connectivity index (χ4n) is 3.94. The van der Waals surface area contributed by atoms with Gasteiger partial charge in [0.25, 0.3) is 5.91 Å². The lowest BCUT2D eigenvalue weighted by Gasteiger charge is -2.39. The van der Waals surface area contributed by atoms with Gasteiger partial charge in [-0.1, -0.05) is 13.3 Å². The highest BCUT2D eigenvalue weighted by Gasteiger charge is 2.33. The summed E-state index contributed by atoms with van der Waals surface area (Å²) in [5.74, 6) is 0.440. The third-order valence-electron chi connectivity index (χ3n) is 5.59. The van der Waals surface area contributed by atoms with Crippen molar-refractivity contribution in [1.82, 2.24) is 9.80 Å². The van der Waals surface area contributed by atoms with Crippen molar-refractivity contribution in [2.24, 2.45) is 11.8 Å². The molecule has 6 heteroatoms. The van der Waals surface area contributed by atoms with Crippen molar-refractivity contribution in [2.45, 2.75) is 26.2 Å². The Bertz CT molecular complexity index is 628. The first-order valence-corrected chi connectivity index (χ1v) is 9.49. The van der Waals surface area contributed by atoms with E-state index in [1.54, 1.807) is 0 Å². The number of amides is 2. The van der Waals surface area contributed by atoms with Crippen LogP contribution in [0, 0.1) is 17.7 Å². The number of halogens is 1. The van der Waals surface area contributed by atoms with E-state index in [0.29, 0.717) is 63.2 Å². The van der Waals surface area contributed by atoms with E-state index < -0.39 is 0 Å². The van der Waals surface area contributed by atoms with Crippen molar-refractivity contribution >= 4 is 11.8 Å². The normalized spacial score (nSPS) is 23.8. The van der Waals surface area contributed by atoms with Gasteiger partial charge >= 0.3 is 0 Å². The molecule has 0 spiro atoms. The number of hydrogen-bond donors (Lipinski definition) is 0. The van der Waals surface area contributed by atoms with Crippen molar-refractivity contribution in [3.05, 3.63) is 35.6 Å². The van der Waals surface area contributed by atoms with E-state index in [1.807, 2.05) is 9.80 Å². The molecule has 0 saturated carbocycles. The van der Waals surface area contributed by atoms with Gasteiger partial charge in [-0.15, -0.1) is 0 Å². The molecule has 2 amide bonds. The molecule has 0 aliphatic carbocycles. The van der Waals surface area contributed by atoms with Gasteiger partial charge in [-0.3, -0.25) is 9.59 Å². The molecule has 2 fully saturated rings. The Balaban J connectivity index is 1.58. The number of carbonyl (C=O) groups is 2. The van der Waals surface area contributed by atoms with E-state index in [4.69, 9.17) is 4.74 Å². The van der Waals surface area contributed by atoms with E-state index in [9.17, 15) is 14.0 Å². The summed E-state index contributed by atoms with van der Waals surface area (Å²) in [7, 11) is 0. The molecule has 142 valence electrons. The second-order valence-corrected chi connectivity index (χ2v) is 7.17. The van der Waals surface area contributed by atoms with Gasteiger partial charge < -0.3 is 14.5 Å². The zero-order valence-corrected chi connectivity index (χ0v) is 15.3. The average molecular weight is 362 g/mol. The van der Waals surface area contributed by atoms with Crippen molar-refractivity contribution in [2.75, 3.05) is 39.4 Å². The summed E-state index contributed by atoms with van der Waals surface area (Å²) in [6.07, 6.45) is 2.33. The monoisotopic (exact) mass is 362 g/mol.